The third-order valence-electron chi connectivity index (χ3n) is 4.42. The fourth-order valence-electron chi connectivity index (χ4n) is 3.23. The molecule has 0 radical (unpaired) electrons. The number of piperidine rings is 1. The van der Waals surface area contributed by atoms with Crippen molar-refractivity contribution in [2.75, 3.05) is 26.3 Å². The molecule has 2 nitrogen and oxygen atoms in total. The van der Waals surface area contributed by atoms with Crippen molar-refractivity contribution in [3.8, 4) is 0 Å². The molecule has 0 amide bonds. The van der Waals surface area contributed by atoms with Crippen LogP contribution in [-0.2, 0) is 11.2 Å². The highest BCUT2D eigenvalue weighted by Crippen LogP contribution is 2.32. The summed E-state index contributed by atoms with van der Waals surface area (Å²) in [7, 11) is 0. The molecule has 3 rings (SSSR count). The van der Waals surface area contributed by atoms with Gasteiger partial charge in [-0.15, -0.1) is 0 Å². The van der Waals surface area contributed by atoms with Crippen molar-refractivity contribution < 1.29 is 4.74 Å². The van der Waals surface area contributed by atoms with Crippen LogP contribution >= 0.6 is 11.6 Å². The Balaban J connectivity index is 1.67. The number of hydrogen-bond acceptors (Lipinski definition) is 2. The lowest BCUT2D eigenvalue weighted by atomic mass is 9.89. The Morgan fingerprint density at radius 3 is 2.74 bits per heavy atom. The van der Waals surface area contributed by atoms with Crippen LogP contribution < -0.4 is 5.32 Å². The van der Waals surface area contributed by atoms with Crippen LogP contribution in [0.5, 0.6) is 0 Å². The van der Waals surface area contributed by atoms with E-state index in [4.69, 9.17) is 16.3 Å². The Kier molecular flexibility index (Phi) is 4.42. The summed E-state index contributed by atoms with van der Waals surface area (Å²) in [6, 6.07) is 6.66. The lowest BCUT2D eigenvalue weighted by Gasteiger charge is -2.23. The maximum absolute atomic E-state index is 6.46. The zero-order chi connectivity index (χ0) is 13.1. The highest BCUT2D eigenvalue weighted by Gasteiger charge is 2.21. The van der Waals surface area contributed by atoms with Gasteiger partial charge in [0.05, 0.1) is 6.61 Å². The zero-order valence-electron chi connectivity index (χ0n) is 11.3. The van der Waals surface area contributed by atoms with Crippen molar-refractivity contribution in [3.63, 3.8) is 0 Å². The fourth-order valence-corrected chi connectivity index (χ4v) is 3.59. The number of halogens is 1. The van der Waals surface area contributed by atoms with E-state index in [1.165, 1.54) is 30.4 Å². The highest BCUT2D eigenvalue weighted by atomic mass is 35.5. The Morgan fingerprint density at radius 1 is 1.21 bits per heavy atom. The minimum atomic E-state index is 0.500. The van der Waals surface area contributed by atoms with E-state index in [1.807, 2.05) is 0 Å². The van der Waals surface area contributed by atoms with Crippen molar-refractivity contribution in [2.24, 2.45) is 5.92 Å². The van der Waals surface area contributed by atoms with Crippen molar-refractivity contribution in [2.45, 2.75) is 31.6 Å². The maximum Gasteiger partial charge on any atom is 0.0536 e. The van der Waals surface area contributed by atoms with Crippen molar-refractivity contribution in [3.05, 3.63) is 34.3 Å². The molecule has 0 spiro atoms. The average molecular weight is 280 g/mol. The first-order valence-corrected chi connectivity index (χ1v) is 7.77. The molecule has 1 N–H and O–H groups in total. The van der Waals surface area contributed by atoms with Crippen LogP contribution in [0.25, 0.3) is 0 Å². The highest BCUT2D eigenvalue weighted by molar-refractivity contribution is 6.31. The SMILES string of the molecule is Clc1cc(CC2CCNCC2)ccc1C1CCOC1. The lowest BCUT2D eigenvalue weighted by Crippen LogP contribution is -2.28. The molecule has 0 bridgehead atoms. The Bertz CT molecular complexity index is 423. The zero-order valence-corrected chi connectivity index (χ0v) is 12.1. The van der Waals surface area contributed by atoms with Crippen LogP contribution in [0.3, 0.4) is 0 Å². The first-order chi connectivity index (χ1) is 9.33. The van der Waals surface area contributed by atoms with E-state index in [2.05, 4.69) is 23.5 Å². The number of ether oxygens (including phenoxy) is 1. The van der Waals surface area contributed by atoms with Gasteiger partial charge in [0, 0.05) is 17.5 Å². The second-order valence-electron chi connectivity index (χ2n) is 5.81. The van der Waals surface area contributed by atoms with Crippen LogP contribution in [-0.4, -0.2) is 26.3 Å². The van der Waals surface area contributed by atoms with E-state index in [0.717, 1.165) is 43.7 Å². The van der Waals surface area contributed by atoms with Crippen LogP contribution in [0.1, 0.15) is 36.3 Å². The van der Waals surface area contributed by atoms with E-state index < -0.39 is 0 Å². The molecule has 2 aliphatic heterocycles. The second-order valence-corrected chi connectivity index (χ2v) is 6.22. The van der Waals surface area contributed by atoms with Gasteiger partial charge in [-0.05, 0) is 61.9 Å². The topological polar surface area (TPSA) is 21.3 Å². The summed E-state index contributed by atoms with van der Waals surface area (Å²) in [5.41, 5.74) is 2.66. The monoisotopic (exact) mass is 279 g/mol. The summed E-state index contributed by atoms with van der Waals surface area (Å²) in [6.45, 7) is 4.02. The van der Waals surface area contributed by atoms with Crippen molar-refractivity contribution >= 4 is 11.6 Å². The van der Waals surface area contributed by atoms with E-state index in [-0.39, 0.29) is 0 Å². The standard InChI is InChI=1S/C16H22ClNO/c17-16-10-13(9-12-3-6-18-7-4-12)1-2-15(16)14-5-8-19-11-14/h1-2,10,12,14,18H,3-9,11H2. The minimum absolute atomic E-state index is 0.500. The summed E-state index contributed by atoms with van der Waals surface area (Å²) in [5.74, 6) is 1.32. The van der Waals surface area contributed by atoms with Crippen LogP contribution in [0.2, 0.25) is 5.02 Å². The predicted molar refractivity (Wildman–Crippen MR) is 78.9 cm³/mol. The molecule has 2 aliphatic rings. The number of nitrogens with one attached hydrogen (secondary N) is 1. The van der Waals surface area contributed by atoms with Gasteiger partial charge >= 0.3 is 0 Å². The summed E-state index contributed by atoms with van der Waals surface area (Å²) in [6.07, 6.45) is 4.85. The maximum atomic E-state index is 6.46. The van der Waals surface area contributed by atoms with Gasteiger partial charge < -0.3 is 10.1 Å². The molecule has 0 aromatic heterocycles. The van der Waals surface area contributed by atoms with Crippen molar-refractivity contribution in [1.29, 1.82) is 0 Å². The Morgan fingerprint density at radius 2 is 2.05 bits per heavy atom. The normalized spacial score (nSPS) is 24.8. The van der Waals surface area contributed by atoms with E-state index in [0.29, 0.717) is 5.92 Å². The van der Waals surface area contributed by atoms with E-state index >= 15 is 0 Å². The summed E-state index contributed by atoms with van der Waals surface area (Å²) in [5, 5.41) is 4.35. The third kappa shape index (κ3) is 3.31. The molecule has 1 unspecified atom stereocenters. The van der Waals surface area contributed by atoms with E-state index in [1.54, 1.807) is 0 Å². The molecule has 104 valence electrons. The van der Waals surface area contributed by atoms with Gasteiger partial charge in [-0.25, -0.2) is 0 Å². The van der Waals surface area contributed by atoms with Gasteiger partial charge in [-0.3, -0.25) is 0 Å². The molecule has 2 fully saturated rings. The van der Waals surface area contributed by atoms with Crippen LogP contribution in [0, 0.1) is 5.92 Å². The first kappa shape index (κ1) is 13.4. The molecule has 3 heteroatoms. The third-order valence-corrected chi connectivity index (χ3v) is 4.74. The Hall–Kier alpha value is -0.570. The van der Waals surface area contributed by atoms with Crippen LogP contribution in [0.4, 0.5) is 0 Å². The minimum Gasteiger partial charge on any atom is -0.381 e. The quantitative estimate of drug-likeness (QED) is 0.916. The van der Waals surface area contributed by atoms with Gasteiger partial charge in [-0.1, -0.05) is 23.7 Å². The first-order valence-electron chi connectivity index (χ1n) is 7.39. The average Bonchev–Trinajstić information content (AvgIpc) is 2.94. The predicted octanol–water partition coefficient (Wildman–Crippen LogP) is 3.39. The molecule has 2 heterocycles. The summed E-state index contributed by atoms with van der Waals surface area (Å²) < 4.78 is 5.45. The molecule has 0 saturated carbocycles. The molecular weight excluding hydrogens is 258 g/mol. The smallest absolute Gasteiger partial charge is 0.0536 e. The number of benzene rings is 1. The molecule has 19 heavy (non-hydrogen) atoms. The molecule has 1 aromatic rings. The molecule has 2 saturated heterocycles. The molecule has 1 atom stereocenters. The Labute approximate surface area is 120 Å². The number of rotatable bonds is 3. The van der Waals surface area contributed by atoms with Gasteiger partial charge in [0.1, 0.15) is 0 Å². The second kappa shape index (κ2) is 6.25. The van der Waals surface area contributed by atoms with Gasteiger partial charge in [0.15, 0.2) is 0 Å². The summed E-state index contributed by atoms with van der Waals surface area (Å²) >= 11 is 6.46. The lowest BCUT2D eigenvalue weighted by molar-refractivity contribution is 0.194. The van der Waals surface area contributed by atoms with Gasteiger partial charge in [-0.2, -0.15) is 0 Å². The summed E-state index contributed by atoms with van der Waals surface area (Å²) in [4.78, 5) is 0. The molecular formula is C16H22ClNO. The van der Waals surface area contributed by atoms with Gasteiger partial charge in [0.25, 0.3) is 0 Å². The largest absolute Gasteiger partial charge is 0.381 e. The fraction of sp³-hybridized carbons (Fsp3) is 0.625. The van der Waals surface area contributed by atoms with Crippen molar-refractivity contribution in [1.82, 2.24) is 5.32 Å². The number of hydrogen-bond donors (Lipinski definition) is 1. The molecule has 0 aliphatic carbocycles. The van der Waals surface area contributed by atoms with E-state index in [9.17, 15) is 0 Å². The molecule has 1 aromatic carbocycles. The van der Waals surface area contributed by atoms with Gasteiger partial charge in [0.2, 0.25) is 0 Å². The van der Waals surface area contributed by atoms with Crippen LogP contribution in [0.15, 0.2) is 18.2 Å².